The molecule has 0 radical (unpaired) electrons. The third-order valence-electron chi connectivity index (χ3n) is 2.91. The summed E-state index contributed by atoms with van der Waals surface area (Å²) < 4.78 is 28.6. The predicted octanol–water partition coefficient (Wildman–Crippen LogP) is 3.11. The van der Waals surface area contributed by atoms with E-state index in [9.17, 15) is 13.9 Å². The highest BCUT2D eigenvalue weighted by Crippen LogP contribution is 2.27. The van der Waals surface area contributed by atoms with E-state index in [1.165, 1.54) is 16.9 Å². The standard InChI is InChI=1S/C13H13ClF2N2O/c1-2-18-13(9(14)7-17-18)12(19)6-8-10(15)4-3-5-11(8)16/h3-5,7,12,19H,2,6H2,1H3. The number of nitrogens with zero attached hydrogens (tertiary/aromatic N) is 2. The molecule has 6 heteroatoms. The molecule has 1 aromatic carbocycles. The van der Waals surface area contributed by atoms with Gasteiger partial charge in [-0.15, -0.1) is 0 Å². The Hall–Kier alpha value is -1.46. The number of aliphatic hydroxyl groups excluding tert-OH is 1. The molecule has 0 aliphatic carbocycles. The van der Waals surface area contributed by atoms with Crippen LogP contribution in [-0.2, 0) is 13.0 Å². The van der Waals surface area contributed by atoms with E-state index in [0.717, 1.165) is 12.1 Å². The molecule has 0 saturated carbocycles. The molecule has 0 aliphatic heterocycles. The van der Waals surface area contributed by atoms with Crippen LogP contribution in [0, 0.1) is 11.6 Å². The van der Waals surface area contributed by atoms with Gasteiger partial charge >= 0.3 is 0 Å². The summed E-state index contributed by atoms with van der Waals surface area (Å²) in [5.41, 5.74) is 0.210. The fraction of sp³-hybridized carbons (Fsp3) is 0.308. The third-order valence-corrected chi connectivity index (χ3v) is 3.20. The zero-order valence-electron chi connectivity index (χ0n) is 10.3. The molecule has 0 fully saturated rings. The topological polar surface area (TPSA) is 38.0 Å². The second-order valence-corrected chi connectivity index (χ2v) is 4.52. The lowest BCUT2D eigenvalue weighted by molar-refractivity contribution is 0.164. The van der Waals surface area contributed by atoms with Crippen molar-refractivity contribution in [3.63, 3.8) is 0 Å². The molecule has 2 aromatic rings. The van der Waals surface area contributed by atoms with E-state index in [-0.39, 0.29) is 17.0 Å². The van der Waals surface area contributed by atoms with E-state index in [4.69, 9.17) is 11.6 Å². The number of benzene rings is 1. The van der Waals surface area contributed by atoms with Crippen LogP contribution in [0.15, 0.2) is 24.4 Å². The van der Waals surface area contributed by atoms with Crippen molar-refractivity contribution in [2.75, 3.05) is 0 Å². The lowest BCUT2D eigenvalue weighted by Crippen LogP contribution is -2.12. The lowest BCUT2D eigenvalue weighted by atomic mass is 10.0. The van der Waals surface area contributed by atoms with Crippen LogP contribution in [0.1, 0.15) is 24.3 Å². The van der Waals surface area contributed by atoms with Gasteiger partial charge in [-0.2, -0.15) is 5.10 Å². The Bertz CT molecular complexity index is 566. The number of aryl methyl sites for hydroxylation is 1. The summed E-state index contributed by atoms with van der Waals surface area (Å²) in [4.78, 5) is 0. The van der Waals surface area contributed by atoms with Gasteiger partial charge in [0.1, 0.15) is 17.7 Å². The second kappa shape index (κ2) is 5.67. The minimum absolute atomic E-state index is 0.157. The van der Waals surface area contributed by atoms with Crippen LogP contribution in [0.4, 0.5) is 8.78 Å². The Morgan fingerprint density at radius 1 is 1.37 bits per heavy atom. The van der Waals surface area contributed by atoms with Crippen molar-refractivity contribution in [2.45, 2.75) is 26.0 Å². The molecular formula is C13H13ClF2N2O. The van der Waals surface area contributed by atoms with Crippen molar-refractivity contribution in [1.29, 1.82) is 0 Å². The molecule has 19 heavy (non-hydrogen) atoms. The van der Waals surface area contributed by atoms with Crippen molar-refractivity contribution >= 4 is 11.6 Å². The Kier molecular flexibility index (Phi) is 4.17. The second-order valence-electron chi connectivity index (χ2n) is 4.11. The molecule has 1 aromatic heterocycles. The molecule has 1 unspecified atom stereocenters. The summed E-state index contributed by atoms with van der Waals surface area (Å²) in [6.45, 7) is 2.35. The summed E-state index contributed by atoms with van der Waals surface area (Å²) >= 11 is 5.93. The van der Waals surface area contributed by atoms with E-state index in [1.807, 2.05) is 6.92 Å². The van der Waals surface area contributed by atoms with Gasteiger partial charge in [-0.05, 0) is 19.1 Å². The van der Waals surface area contributed by atoms with Crippen molar-refractivity contribution in [1.82, 2.24) is 9.78 Å². The van der Waals surface area contributed by atoms with Crippen molar-refractivity contribution in [3.05, 3.63) is 52.3 Å². The zero-order valence-corrected chi connectivity index (χ0v) is 11.0. The lowest BCUT2D eigenvalue weighted by Gasteiger charge is -2.14. The minimum Gasteiger partial charge on any atom is -0.386 e. The maximum atomic E-state index is 13.5. The Labute approximate surface area is 114 Å². The number of halogens is 3. The SMILES string of the molecule is CCn1ncc(Cl)c1C(O)Cc1c(F)cccc1F. The van der Waals surface area contributed by atoms with Crippen LogP contribution in [0.5, 0.6) is 0 Å². The molecular weight excluding hydrogens is 274 g/mol. The maximum Gasteiger partial charge on any atom is 0.129 e. The highest BCUT2D eigenvalue weighted by molar-refractivity contribution is 6.31. The van der Waals surface area contributed by atoms with Gasteiger partial charge in [-0.1, -0.05) is 17.7 Å². The third kappa shape index (κ3) is 2.77. The highest BCUT2D eigenvalue weighted by atomic mass is 35.5. The molecule has 3 nitrogen and oxygen atoms in total. The molecule has 0 amide bonds. The molecule has 0 spiro atoms. The van der Waals surface area contributed by atoms with Gasteiger partial charge in [0, 0.05) is 18.5 Å². The first-order valence-electron chi connectivity index (χ1n) is 5.86. The van der Waals surface area contributed by atoms with Gasteiger partial charge in [0.2, 0.25) is 0 Å². The summed E-state index contributed by atoms with van der Waals surface area (Å²) in [7, 11) is 0. The Morgan fingerprint density at radius 3 is 2.58 bits per heavy atom. The monoisotopic (exact) mass is 286 g/mol. The molecule has 1 heterocycles. The quantitative estimate of drug-likeness (QED) is 0.938. The number of hydrogen-bond donors (Lipinski definition) is 1. The van der Waals surface area contributed by atoms with E-state index in [2.05, 4.69) is 5.10 Å². The highest BCUT2D eigenvalue weighted by Gasteiger charge is 2.21. The number of aliphatic hydroxyl groups is 1. The van der Waals surface area contributed by atoms with E-state index in [0.29, 0.717) is 12.2 Å². The van der Waals surface area contributed by atoms with Crippen molar-refractivity contribution in [3.8, 4) is 0 Å². The smallest absolute Gasteiger partial charge is 0.129 e. The maximum absolute atomic E-state index is 13.5. The molecule has 0 aliphatic rings. The fourth-order valence-electron chi connectivity index (χ4n) is 1.97. The van der Waals surface area contributed by atoms with Gasteiger partial charge in [-0.3, -0.25) is 4.68 Å². The molecule has 1 N–H and O–H groups in total. The summed E-state index contributed by atoms with van der Waals surface area (Å²) in [6, 6.07) is 3.59. The summed E-state index contributed by atoms with van der Waals surface area (Å²) in [6.07, 6.45) is 0.104. The summed E-state index contributed by atoms with van der Waals surface area (Å²) in [5.74, 6) is -1.37. The van der Waals surface area contributed by atoms with Gasteiger partial charge in [-0.25, -0.2) is 8.78 Å². The molecule has 102 valence electrons. The molecule has 0 bridgehead atoms. The van der Waals surface area contributed by atoms with Crippen LogP contribution >= 0.6 is 11.6 Å². The van der Waals surface area contributed by atoms with Gasteiger partial charge in [0.25, 0.3) is 0 Å². The Balaban J connectivity index is 2.31. The molecule has 0 saturated heterocycles. The van der Waals surface area contributed by atoms with Gasteiger partial charge in [0.05, 0.1) is 16.9 Å². The van der Waals surface area contributed by atoms with E-state index >= 15 is 0 Å². The van der Waals surface area contributed by atoms with Crippen molar-refractivity contribution in [2.24, 2.45) is 0 Å². The first-order valence-corrected chi connectivity index (χ1v) is 6.24. The summed E-state index contributed by atoms with van der Waals surface area (Å²) in [5, 5.41) is 14.4. The zero-order chi connectivity index (χ0) is 14.0. The number of aromatic nitrogens is 2. The first kappa shape index (κ1) is 14.0. The average molecular weight is 287 g/mol. The van der Waals surface area contributed by atoms with Crippen LogP contribution in [0.2, 0.25) is 5.02 Å². The average Bonchev–Trinajstić information content (AvgIpc) is 2.75. The molecule has 1 atom stereocenters. The molecule has 2 rings (SSSR count). The Morgan fingerprint density at radius 2 is 2.00 bits per heavy atom. The number of rotatable bonds is 4. The van der Waals surface area contributed by atoms with Crippen LogP contribution < -0.4 is 0 Å². The fourth-order valence-corrected chi connectivity index (χ4v) is 2.24. The van der Waals surface area contributed by atoms with E-state index in [1.54, 1.807) is 0 Å². The van der Waals surface area contributed by atoms with E-state index < -0.39 is 17.7 Å². The predicted molar refractivity (Wildman–Crippen MR) is 67.9 cm³/mol. The number of hydrogen-bond acceptors (Lipinski definition) is 2. The largest absolute Gasteiger partial charge is 0.386 e. The minimum atomic E-state index is -1.11. The first-order chi connectivity index (χ1) is 9.04. The van der Waals surface area contributed by atoms with Gasteiger partial charge in [0.15, 0.2) is 0 Å². The van der Waals surface area contributed by atoms with Gasteiger partial charge < -0.3 is 5.11 Å². The normalized spacial score (nSPS) is 12.7. The van der Waals surface area contributed by atoms with Crippen LogP contribution in [-0.4, -0.2) is 14.9 Å². The van der Waals surface area contributed by atoms with Crippen LogP contribution in [0.3, 0.4) is 0 Å². The van der Waals surface area contributed by atoms with Crippen LogP contribution in [0.25, 0.3) is 0 Å². The van der Waals surface area contributed by atoms with Crippen molar-refractivity contribution < 1.29 is 13.9 Å².